The van der Waals surface area contributed by atoms with Gasteiger partial charge in [0.1, 0.15) is 12.4 Å². The van der Waals surface area contributed by atoms with Gasteiger partial charge in [-0.25, -0.2) is 0 Å². The van der Waals surface area contributed by atoms with Crippen LogP contribution >= 0.6 is 12.4 Å². The molecule has 0 bridgehead atoms. The van der Waals surface area contributed by atoms with Crippen molar-refractivity contribution in [2.75, 3.05) is 13.2 Å². The summed E-state index contributed by atoms with van der Waals surface area (Å²) in [4.78, 5) is 11.9. The molecule has 0 heterocycles. The Labute approximate surface area is 140 Å². The molecule has 126 valence electrons. The monoisotopic (exact) mass is 328 g/mol. The fourth-order valence-electron chi connectivity index (χ4n) is 1.93. The summed E-state index contributed by atoms with van der Waals surface area (Å²) in [7, 11) is 0. The highest BCUT2D eigenvalue weighted by Gasteiger charge is 2.26. The van der Waals surface area contributed by atoms with E-state index in [0.29, 0.717) is 19.1 Å². The fraction of sp³-hybridized carbons (Fsp3) is 0.588. The molecule has 1 aromatic carbocycles. The van der Waals surface area contributed by atoms with Crippen LogP contribution in [0.25, 0.3) is 0 Å². The van der Waals surface area contributed by atoms with Gasteiger partial charge in [-0.3, -0.25) is 4.79 Å². The molecular formula is C17H29ClN2O2. The summed E-state index contributed by atoms with van der Waals surface area (Å²) in [6, 6.07) is 7.47. The molecule has 0 saturated heterocycles. The van der Waals surface area contributed by atoms with E-state index in [9.17, 15) is 4.79 Å². The largest absolute Gasteiger partial charge is 0.491 e. The smallest absolute Gasteiger partial charge is 0.237 e. The topological polar surface area (TPSA) is 64.3 Å². The normalized spacial score (nSPS) is 12.5. The van der Waals surface area contributed by atoms with Gasteiger partial charge < -0.3 is 15.8 Å². The number of halogens is 1. The molecule has 1 rings (SSSR count). The number of nitrogens with one attached hydrogen (secondary N) is 1. The van der Waals surface area contributed by atoms with Crippen LogP contribution in [-0.2, 0) is 4.79 Å². The molecule has 0 radical (unpaired) electrons. The van der Waals surface area contributed by atoms with E-state index in [4.69, 9.17) is 10.5 Å². The number of benzene rings is 1. The number of hydrogen-bond acceptors (Lipinski definition) is 3. The fourth-order valence-corrected chi connectivity index (χ4v) is 1.93. The molecule has 0 aliphatic carbocycles. The standard InChI is InChI=1S/C17H28N2O2.ClH/c1-12(2)13-8-6-7-9-14(13)21-11-10-19-16(20)15(18)17(3,4)5;/h6-9,12,15H,10-11,18H2,1-5H3,(H,19,20);1H/t15-;/m1./s1. The second-order valence-corrected chi connectivity index (χ2v) is 6.68. The molecule has 0 spiro atoms. The third kappa shape index (κ3) is 6.24. The molecule has 4 nitrogen and oxygen atoms in total. The van der Waals surface area contributed by atoms with Gasteiger partial charge in [-0.15, -0.1) is 12.4 Å². The van der Waals surface area contributed by atoms with E-state index in [1.165, 1.54) is 5.56 Å². The zero-order chi connectivity index (χ0) is 16.0. The van der Waals surface area contributed by atoms with Crippen LogP contribution in [0.5, 0.6) is 5.75 Å². The zero-order valence-corrected chi connectivity index (χ0v) is 15.0. The van der Waals surface area contributed by atoms with Crippen LogP contribution in [0.1, 0.15) is 46.1 Å². The highest BCUT2D eigenvalue weighted by Crippen LogP contribution is 2.25. The van der Waals surface area contributed by atoms with E-state index in [-0.39, 0.29) is 23.7 Å². The van der Waals surface area contributed by atoms with Crippen LogP contribution in [0, 0.1) is 5.41 Å². The van der Waals surface area contributed by atoms with Crippen LogP contribution < -0.4 is 15.8 Å². The highest BCUT2D eigenvalue weighted by atomic mass is 35.5. The Morgan fingerprint density at radius 1 is 1.27 bits per heavy atom. The number of amides is 1. The molecule has 0 unspecified atom stereocenters. The number of ether oxygens (including phenoxy) is 1. The van der Waals surface area contributed by atoms with Gasteiger partial charge in [0.2, 0.25) is 5.91 Å². The molecule has 0 aromatic heterocycles. The molecule has 0 aliphatic rings. The van der Waals surface area contributed by atoms with Gasteiger partial charge in [0.25, 0.3) is 0 Å². The second-order valence-electron chi connectivity index (χ2n) is 6.68. The average molecular weight is 329 g/mol. The number of rotatable bonds is 6. The van der Waals surface area contributed by atoms with Crippen LogP contribution in [-0.4, -0.2) is 25.1 Å². The number of hydrogen-bond donors (Lipinski definition) is 2. The van der Waals surface area contributed by atoms with Crippen molar-refractivity contribution in [2.45, 2.75) is 46.6 Å². The van der Waals surface area contributed by atoms with Crippen molar-refractivity contribution in [1.82, 2.24) is 5.32 Å². The number of carbonyl (C=O) groups is 1. The van der Waals surface area contributed by atoms with Gasteiger partial charge in [-0.1, -0.05) is 52.8 Å². The predicted molar refractivity (Wildman–Crippen MR) is 93.7 cm³/mol. The third-order valence-electron chi connectivity index (χ3n) is 3.42. The zero-order valence-electron chi connectivity index (χ0n) is 14.2. The molecular weight excluding hydrogens is 300 g/mol. The van der Waals surface area contributed by atoms with Crippen molar-refractivity contribution in [3.63, 3.8) is 0 Å². The van der Waals surface area contributed by atoms with Gasteiger partial charge in [0.15, 0.2) is 0 Å². The van der Waals surface area contributed by atoms with E-state index in [0.717, 1.165) is 5.75 Å². The maximum atomic E-state index is 11.9. The molecule has 0 fully saturated rings. The maximum Gasteiger partial charge on any atom is 0.237 e. The first-order chi connectivity index (χ1) is 9.73. The molecule has 1 atom stereocenters. The Balaban J connectivity index is 0.00000441. The highest BCUT2D eigenvalue weighted by molar-refractivity contribution is 5.85. The van der Waals surface area contributed by atoms with Crippen molar-refractivity contribution < 1.29 is 9.53 Å². The Kier molecular flexibility index (Phi) is 8.49. The summed E-state index contributed by atoms with van der Waals surface area (Å²) in [5.74, 6) is 1.15. The lowest BCUT2D eigenvalue weighted by Crippen LogP contribution is -2.49. The molecule has 0 saturated carbocycles. The number of nitrogens with two attached hydrogens (primary N) is 1. The number of para-hydroxylation sites is 1. The molecule has 22 heavy (non-hydrogen) atoms. The molecule has 3 N–H and O–H groups in total. The number of carbonyl (C=O) groups excluding carboxylic acids is 1. The summed E-state index contributed by atoms with van der Waals surface area (Å²) in [6.07, 6.45) is 0. The van der Waals surface area contributed by atoms with Crippen molar-refractivity contribution in [3.05, 3.63) is 29.8 Å². The lowest BCUT2D eigenvalue weighted by atomic mass is 9.87. The molecule has 0 aliphatic heterocycles. The minimum atomic E-state index is -0.513. The van der Waals surface area contributed by atoms with Gasteiger partial charge in [0, 0.05) is 0 Å². The summed E-state index contributed by atoms with van der Waals surface area (Å²) >= 11 is 0. The lowest BCUT2D eigenvalue weighted by molar-refractivity contribution is -0.124. The van der Waals surface area contributed by atoms with E-state index in [2.05, 4.69) is 25.2 Å². The Hall–Kier alpha value is -1.26. The molecule has 5 heteroatoms. The quantitative estimate of drug-likeness (QED) is 0.789. The summed E-state index contributed by atoms with van der Waals surface area (Å²) in [5, 5.41) is 2.82. The van der Waals surface area contributed by atoms with Crippen LogP contribution in [0.2, 0.25) is 0 Å². The lowest BCUT2D eigenvalue weighted by Gasteiger charge is -2.25. The van der Waals surface area contributed by atoms with E-state index < -0.39 is 6.04 Å². The summed E-state index contributed by atoms with van der Waals surface area (Å²) in [6.45, 7) is 11.0. The first kappa shape index (κ1) is 20.7. The minimum absolute atomic E-state index is 0. The van der Waals surface area contributed by atoms with Crippen LogP contribution in [0.4, 0.5) is 0 Å². The SMILES string of the molecule is CC(C)c1ccccc1OCCNC(=O)[C@@H](N)C(C)(C)C.Cl. The van der Waals surface area contributed by atoms with Crippen molar-refractivity contribution in [3.8, 4) is 5.75 Å². The van der Waals surface area contributed by atoms with E-state index >= 15 is 0 Å². The van der Waals surface area contributed by atoms with Gasteiger partial charge in [-0.05, 0) is 23.0 Å². The third-order valence-corrected chi connectivity index (χ3v) is 3.42. The molecule has 1 aromatic rings. The van der Waals surface area contributed by atoms with Crippen LogP contribution in [0.3, 0.4) is 0 Å². The van der Waals surface area contributed by atoms with Gasteiger partial charge in [-0.2, -0.15) is 0 Å². The predicted octanol–water partition coefficient (Wildman–Crippen LogP) is 3.10. The van der Waals surface area contributed by atoms with Gasteiger partial charge in [0.05, 0.1) is 12.6 Å². The minimum Gasteiger partial charge on any atom is -0.491 e. The maximum absolute atomic E-state index is 11.9. The van der Waals surface area contributed by atoms with Crippen molar-refractivity contribution in [2.24, 2.45) is 11.1 Å². The summed E-state index contributed by atoms with van der Waals surface area (Å²) < 4.78 is 5.76. The Morgan fingerprint density at radius 3 is 2.41 bits per heavy atom. The van der Waals surface area contributed by atoms with Crippen LogP contribution in [0.15, 0.2) is 24.3 Å². The van der Waals surface area contributed by atoms with E-state index in [1.807, 2.05) is 39.0 Å². The first-order valence-electron chi connectivity index (χ1n) is 7.48. The molecule has 1 amide bonds. The average Bonchev–Trinajstić information content (AvgIpc) is 2.41. The first-order valence-corrected chi connectivity index (χ1v) is 7.48. The van der Waals surface area contributed by atoms with Gasteiger partial charge >= 0.3 is 0 Å². The Bertz CT molecular complexity index is 470. The second kappa shape index (κ2) is 9.01. The summed E-state index contributed by atoms with van der Waals surface area (Å²) in [5.41, 5.74) is 6.83. The van der Waals surface area contributed by atoms with Crippen molar-refractivity contribution in [1.29, 1.82) is 0 Å². The Morgan fingerprint density at radius 2 is 1.86 bits per heavy atom. The van der Waals surface area contributed by atoms with Crippen molar-refractivity contribution >= 4 is 18.3 Å². The van der Waals surface area contributed by atoms with E-state index in [1.54, 1.807) is 0 Å².